The average molecular weight is 195 g/mol. The van der Waals surface area contributed by atoms with Gasteiger partial charge >= 0.3 is 6.03 Å². The van der Waals surface area contributed by atoms with E-state index < -0.39 is 6.03 Å². The van der Waals surface area contributed by atoms with Crippen molar-refractivity contribution in [1.82, 2.24) is 5.43 Å². The topological polar surface area (TPSA) is 67.5 Å². The fourth-order valence-corrected chi connectivity index (χ4v) is 1.00. The summed E-state index contributed by atoms with van der Waals surface area (Å²) in [6.07, 6.45) is 3.90. The highest BCUT2D eigenvalue weighted by atomic mass is 16.2. The molecule has 0 heterocycles. The van der Waals surface area contributed by atoms with E-state index >= 15 is 0 Å². The maximum absolute atomic E-state index is 10.3. The minimum Gasteiger partial charge on any atom is -0.350 e. The van der Waals surface area contributed by atoms with E-state index in [-0.39, 0.29) is 0 Å². The molecule has 4 nitrogen and oxygen atoms in total. The Hall–Kier alpha value is -1.58. The van der Waals surface area contributed by atoms with Gasteiger partial charge in [-0.25, -0.2) is 10.2 Å². The molecule has 0 unspecified atom stereocenters. The lowest BCUT2D eigenvalue weighted by molar-refractivity contribution is 0.249. The number of urea groups is 1. The SMILES string of the molecule is CC(C)=C/C(C)=C/C(C)=N/NC(N)=O. The van der Waals surface area contributed by atoms with Crippen LogP contribution in [-0.4, -0.2) is 11.7 Å². The Morgan fingerprint density at radius 2 is 1.79 bits per heavy atom. The summed E-state index contributed by atoms with van der Waals surface area (Å²) in [6.45, 7) is 7.80. The molecule has 0 aromatic rings. The zero-order chi connectivity index (χ0) is 11.1. The van der Waals surface area contributed by atoms with Crippen LogP contribution < -0.4 is 11.2 Å². The Morgan fingerprint density at radius 1 is 1.21 bits per heavy atom. The van der Waals surface area contributed by atoms with Crippen LogP contribution >= 0.6 is 0 Å². The molecule has 78 valence electrons. The number of nitrogens with two attached hydrogens (primary N) is 1. The van der Waals surface area contributed by atoms with Crippen LogP contribution in [0.25, 0.3) is 0 Å². The second kappa shape index (κ2) is 5.96. The van der Waals surface area contributed by atoms with Crippen molar-refractivity contribution in [3.05, 3.63) is 23.3 Å². The maximum atomic E-state index is 10.3. The van der Waals surface area contributed by atoms with Crippen molar-refractivity contribution in [1.29, 1.82) is 0 Å². The summed E-state index contributed by atoms with van der Waals surface area (Å²) in [5, 5.41) is 3.76. The minimum absolute atomic E-state index is 0.655. The van der Waals surface area contributed by atoms with E-state index in [0.29, 0.717) is 5.71 Å². The quantitative estimate of drug-likeness (QED) is 0.403. The smallest absolute Gasteiger partial charge is 0.332 e. The molecule has 0 aliphatic heterocycles. The molecule has 0 aliphatic rings. The third kappa shape index (κ3) is 7.09. The van der Waals surface area contributed by atoms with E-state index in [2.05, 4.69) is 10.5 Å². The van der Waals surface area contributed by atoms with Gasteiger partial charge in [0.05, 0.1) is 5.71 Å². The zero-order valence-electron chi connectivity index (χ0n) is 9.09. The van der Waals surface area contributed by atoms with Gasteiger partial charge in [-0.15, -0.1) is 0 Å². The van der Waals surface area contributed by atoms with Gasteiger partial charge in [-0.3, -0.25) is 0 Å². The van der Waals surface area contributed by atoms with Crippen molar-refractivity contribution in [2.75, 3.05) is 0 Å². The molecule has 14 heavy (non-hydrogen) atoms. The molecule has 0 bridgehead atoms. The van der Waals surface area contributed by atoms with Crippen LogP contribution in [0, 0.1) is 0 Å². The lowest BCUT2D eigenvalue weighted by Crippen LogP contribution is -2.25. The summed E-state index contributed by atoms with van der Waals surface area (Å²) < 4.78 is 0. The first kappa shape index (κ1) is 12.4. The average Bonchev–Trinajstić information content (AvgIpc) is 1.98. The Balaban J connectivity index is 4.42. The lowest BCUT2D eigenvalue weighted by atomic mass is 10.2. The number of nitrogens with zero attached hydrogens (tertiary/aromatic N) is 1. The number of carbonyl (C=O) groups is 1. The van der Waals surface area contributed by atoms with Gasteiger partial charge in [-0.1, -0.05) is 11.6 Å². The molecule has 0 fully saturated rings. The Bertz CT molecular complexity index is 296. The van der Waals surface area contributed by atoms with E-state index in [1.165, 1.54) is 5.57 Å². The second-order valence-electron chi connectivity index (χ2n) is 3.34. The van der Waals surface area contributed by atoms with Gasteiger partial charge in [-0.05, 0) is 39.3 Å². The number of hydrazone groups is 1. The normalized spacial score (nSPS) is 12.3. The first-order valence-electron chi connectivity index (χ1n) is 4.34. The van der Waals surface area contributed by atoms with Crippen LogP contribution in [0.4, 0.5) is 4.79 Å². The molecule has 0 atom stereocenters. The van der Waals surface area contributed by atoms with Gasteiger partial charge < -0.3 is 5.73 Å². The van der Waals surface area contributed by atoms with Gasteiger partial charge in [0.1, 0.15) is 0 Å². The number of allylic oxidation sites excluding steroid dienone is 4. The van der Waals surface area contributed by atoms with Gasteiger partial charge in [0.2, 0.25) is 0 Å². The fraction of sp³-hybridized carbons (Fsp3) is 0.400. The summed E-state index contributed by atoms with van der Waals surface area (Å²) in [6, 6.07) is -0.655. The van der Waals surface area contributed by atoms with Crippen LogP contribution in [0.2, 0.25) is 0 Å². The molecule has 0 radical (unpaired) electrons. The number of nitrogens with one attached hydrogen (secondary N) is 1. The van der Waals surface area contributed by atoms with Crippen LogP contribution in [0.15, 0.2) is 28.4 Å². The van der Waals surface area contributed by atoms with Crippen LogP contribution in [0.3, 0.4) is 0 Å². The Morgan fingerprint density at radius 3 is 2.21 bits per heavy atom. The molecule has 0 saturated carbocycles. The molecule has 0 aliphatic carbocycles. The molecule has 4 heteroatoms. The van der Waals surface area contributed by atoms with Crippen molar-refractivity contribution in [2.24, 2.45) is 10.8 Å². The highest BCUT2D eigenvalue weighted by Gasteiger charge is 1.90. The number of rotatable bonds is 3. The summed E-state index contributed by atoms with van der Waals surface area (Å²) in [5.74, 6) is 0. The molecule has 0 saturated heterocycles. The standard InChI is InChI=1S/C10H17N3O/c1-7(2)5-8(3)6-9(4)12-13-10(11)14/h5-6H,1-4H3,(H3,11,13,14)/b8-6+,12-9+. The van der Waals surface area contributed by atoms with Crippen molar-refractivity contribution in [2.45, 2.75) is 27.7 Å². The fourth-order valence-electron chi connectivity index (χ4n) is 1.00. The Kier molecular flexibility index (Phi) is 5.29. The lowest BCUT2D eigenvalue weighted by Gasteiger charge is -1.96. The number of hydrogen-bond acceptors (Lipinski definition) is 2. The summed E-state index contributed by atoms with van der Waals surface area (Å²) in [4.78, 5) is 10.3. The first-order valence-corrected chi connectivity index (χ1v) is 4.34. The van der Waals surface area contributed by atoms with Crippen molar-refractivity contribution < 1.29 is 4.79 Å². The number of primary amides is 1. The van der Waals surface area contributed by atoms with E-state index in [4.69, 9.17) is 5.73 Å². The molecule has 0 spiro atoms. The predicted molar refractivity (Wildman–Crippen MR) is 59.0 cm³/mol. The summed E-state index contributed by atoms with van der Waals surface area (Å²) in [5.41, 5.74) is 10.0. The van der Waals surface area contributed by atoms with Gasteiger partial charge in [0, 0.05) is 0 Å². The van der Waals surface area contributed by atoms with Crippen LogP contribution in [0.5, 0.6) is 0 Å². The van der Waals surface area contributed by atoms with Gasteiger partial charge in [-0.2, -0.15) is 5.10 Å². The van der Waals surface area contributed by atoms with Gasteiger partial charge in [0.25, 0.3) is 0 Å². The predicted octanol–water partition coefficient (Wildman–Crippen LogP) is 1.94. The van der Waals surface area contributed by atoms with E-state index in [1.54, 1.807) is 6.92 Å². The van der Waals surface area contributed by atoms with Crippen LogP contribution in [-0.2, 0) is 0 Å². The summed E-state index contributed by atoms with van der Waals surface area (Å²) >= 11 is 0. The Labute approximate surface area is 84.6 Å². The van der Waals surface area contributed by atoms with Crippen molar-refractivity contribution in [3.8, 4) is 0 Å². The number of hydrogen-bond donors (Lipinski definition) is 2. The molecular weight excluding hydrogens is 178 g/mol. The molecule has 0 rings (SSSR count). The minimum atomic E-state index is -0.655. The second-order valence-corrected chi connectivity index (χ2v) is 3.34. The molecule has 3 N–H and O–H groups in total. The first-order chi connectivity index (χ1) is 6.41. The third-order valence-electron chi connectivity index (χ3n) is 1.30. The van der Waals surface area contributed by atoms with Gasteiger partial charge in [0.15, 0.2) is 0 Å². The van der Waals surface area contributed by atoms with Crippen molar-refractivity contribution in [3.63, 3.8) is 0 Å². The number of carbonyl (C=O) groups excluding carboxylic acids is 1. The van der Waals surface area contributed by atoms with E-state index in [1.807, 2.05) is 32.9 Å². The molecule has 0 aromatic carbocycles. The zero-order valence-corrected chi connectivity index (χ0v) is 9.09. The van der Waals surface area contributed by atoms with Crippen LogP contribution in [0.1, 0.15) is 27.7 Å². The maximum Gasteiger partial charge on any atom is 0.332 e. The highest BCUT2D eigenvalue weighted by Crippen LogP contribution is 2.00. The monoisotopic (exact) mass is 195 g/mol. The third-order valence-corrected chi connectivity index (χ3v) is 1.30. The van der Waals surface area contributed by atoms with E-state index in [9.17, 15) is 4.79 Å². The molecular formula is C10H17N3O. The molecule has 0 aromatic heterocycles. The summed E-state index contributed by atoms with van der Waals surface area (Å²) in [7, 11) is 0. The number of amides is 2. The highest BCUT2D eigenvalue weighted by molar-refractivity contribution is 5.94. The largest absolute Gasteiger partial charge is 0.350 e. The molecule has 2 amide bonds. The van der Waals surface area contributed by atoms with E-state index in [0.717, 1.165) is 5.57 Å². The van der Waals surface area contributed by atoms with Crippen molar-refractivity contribution >= 4 is 11.7 Å².